The zero-order valence-corrected chi connectivity index (χ0v) is 22.8. The second-order valence-electron chi connectivity index (χ2n) is 10.7. The van der Waals surface area contributed by atoms with Crippen LogP contribution in [0.25, 0.3) is 0 Å². The summed E-state index contributed by atoms with van der Waals surface area (Å²) in [5.74, 6) is 2.85. The van der Waals surface area contributed by atoms with Gasteiger partial charge < -0.3 is 9.47 Å². The third-order valence-electron chi connectivity index (χ3n) is 5.87. The summed E-state index contributed by atoms with van der Waals surface area (Å²) in [6.45, 7) is 23.7. The predicted molar refractivity (Wildman–Crippen MR) is 136 cm³/mol. The van der Waals surface area contributed by atoms with Crippen molar-refractivity contribution in [3.05, 3.63) is 0 Å². The summed E-state index contributed by atoms with van der Waals surface area (Å²) in [4.78, 5) is 0. The minimum atomic E-state index is -0.0381. The van der Waals surface area contributed by atoms with Crippen LogP contribution in [-0.2, 0) is 9.47 Å². The molecule has 0 saturated heterocycles. The van der Waals surface area contributed by atoms with E-state index in [1.165, 1.54) is 64.2 Å². The van der Waals surface area contributed by atoms with Crippen molar-refractivity contribution in [2.75, 3.05) is 13.2 Å². The van der Waals surface area contributed by atoms with Crippen LogP contribution in [0.2, 0.25) is 0 Å². The molecule has 0 aliphatic heterocycles. The van der Waals surface area contributed by atoms with Crippen LogP contribution in [0, 0.1) is 17.8 Å². The highest BCUT2D eigenvalue weighted by molar-refractivity contribution is 4.67. The average Bonchev–Trinajstić information content (AvgIpc) is 2.61. The molecule has 0 bridgehead atoms. The van der Waals surface area contributed by atoms with Gasteiger partial charge in [-0.1, -0.05) is 98.8 Å². The summed E-state index contributed by atoms with van der Waals surface area (Å²) in [7, 11) is 0. The molecular weight excluding hydrogens is 368 g/mol. The Kier molecular flexibility index (Phi) is 22.3. The van der Waals surface area contributed by atoms with E-state index in [1.54, 1.807) is 0 Å². The zero-order valence-electron chi connectivity index (χ0n) is 22.8. The van der Waals surface area contributed by atoms with Gasteiger partial charge in [0.25, 0.3) is 0 Å². The molecule has 1 atom stereocenters. The van der Waals surface area contributed by atoms with Crippen molar-refractivity contribution in [1.82, 2.24) is 0 Å². The molecule has 0 aromatic heterocycles. The molecule has 0 fully saturated rings. The number of rotatable bonds is 18. The van der Waals surface area contributed by atoms with E-state index in [4.69, 9.17) is 9.47 Å². The normalized spacial score (nSPS) is 13.1. The first-order valence-electron chi connectivity index (χ1n) is 13.3. The van der Waals surface area contributed by atoms with E-state index in [0.29, 0.717) is 6.10 Å². The molecule has 1 unspecified atom stereocenters. The van der Waals surface area contributed by atoms with Gasteiger partial charge >= 0.3 is 0 Å². The number of hydrogen-bond acceptors (Lipinski definition) is 2. The maximum atomic E-state index is 5.53. The quantitative estimate of drug-likeness (QED) is 0.216. The molecular formula is C28H60O2. The average molecular weight is 429 g/mol. The fourth-order valence-electron chi connectivity index (χ4n) is 4.03. The lowest BCUT2D eigenvalue weighted by Crippen LogP contribution is -2.26. The molecule has 2 heteroatoms. The summed E-state index contributed by atoms with van der Waals surface area (Å²) in [6, 6.07) is 0. The molecule has 30 heavy (non-hydrogen) atoms. The topological polar surface area (TPSA) is 18.5 Å². The van der Waals surface area contributed by atoms with E-state index in [2.05, 4.69) is 48.5 Å². The fraction of sp³-hybridized carbons (Fsp3) is 1.00. The molecule has 0 rings (SSSR count). The Morgan fingerprint density at radius 2 is 1.23 bits per heavy atom. The van der Waals surface area contributed by atoms with E-state index in [9.17, 15) is 0 Å². The Morgan fingerprint density at radius 3 is 1.67 bits per heavy atom. The van der Waals surface area contributed by atoms with Crippen molar-refractivity contribution < 1.29 is 9.47 Å². The lowest BCUT2D eigenvalue weighted by molar-refractivity contribution is -0.0418. The lowest BCUT2D eigenvalue weighted by Gasteiger charge is -2.24. The van der Waals surface area contributed by atoms with Crippen molar-refractivity contribution in [3.63, 3.8) is 0 Å². The Morgan fingerprint density at radius 1 is 0.700 bits per heavy atom. The largest absolute Gasteiger partial charge is 0.379 e. The monoisotopic (exact) mass is 428 g/mol. The first-order valence-corrected chi connectivity index (χ1v) is 13.3. The predicted octanol–water partition coefficient (Wildman–Crippen LogP) is 9.45. The Hall–Kier alpha value is -0.0800. The van der Waals surface area contributed by atoms with Gasteiger partial charge in [0.05, 0.1) is 11.7 Å². The first kappa shape index (κ1) is 32.1. The van der Waals surface area contributed by atoms with E-state index in [0.717, 1.165) is 37.4 Å². The van der Waals surface area contributed by atoms with E-state index in [1.807, 2.05) is 20.8 Å². The molecule has 0 aromatic rings. The standard InChI is InChI=1S/C18H38.C10H22O2/c1-6-10-18(11-7-2)15-9-14-17(5)13-8-12-16(3)4;1-6-12-10(4,5)7-8-11-9(2)3/h16-18H,6-15H2,1-5H3;9H,6-8H2,1-5H3. The molecule has 0 spiro atoms. The summed E-state index contributed by atoms with van der Waals surface area (Å²) in [5.41, 5.74) is -0.0381. The third-order valence-corrected chi connectivity index (χ3v) is 5.87. The van der Waals surface area contributed by atoms with Crippen LogP contribution in [0.4, 0.5) is 0 Å². The Balaban J connectivity index is 0. The van der Waals surface area contributed by atoms with Crippen molar-refractivity contribution in [2.24, 2.45) is 17.8 Å². The van der Waals surface area contributed by atoms with Crippen LogP contribution in [0.15, 0.2) is 0 Å². The molecule has 0 aromatic carbocycles. The van der Waals surface area contributed by atoms with Crippen LogP contribution in [0.3, 0.4) is 0 Å². The minimum Gasteiger partial charge on any atom is -0.379 e. The maximum Gasteiger partial charge on any atom is 0.0648 e. The summed E-state index contributed by atoms with van der Waals surface area (Å²) < 4.78 is 11.0. The molecule has 0 N–H and O–H groups in total. The van der Waals surface area contributed by atoms with Gasteiger partial charge in [-0.25, -0.2) is 0 Å². The van der Waals surface area contributed by atoms with E-state index < -0.39 is 0 Å². The highest BCUT2D eigenvalue weighted by atomic mass is 16.5. The van der Waals surface area contributed by atoms with Crippen LogP contribution < -0.4 is 0 Å². The van der Waals surface area contributed by atoms with Gasteiger partial charge in [0.2, 0.25) is 0 Å². The summed E-state index contributed by atoms with van der Waals surface area (Å²) >= 11 is 0. The second-order valence-corrected chi connectivity index (χ2v) is 10.7. The molecule has 0 aliphatic rings. The molecule has 184 valence electrons. The zero-order chi connectivity index (χ0) is 23.4. The summed E-state index contributed by atoms with van der Waals surface area (Å²) in [6.07, 6.45) is 15.6. The van der Waals surface area contributed by atoms with Crippen LogP contribution >= 0.6 is 0 Å². The molecule has 0 aliphatic carbocycles. The van der Waals surface area contributed by atoms with Gasteiger partial charge in [-0.2, -0.15) is 0 Å². The third kappa shape index (κ3) is 24.2. The molecule has 0 heterocycles. The van der Waals surface area contributed by atoms with Crippen molar-refractivity contribution >= 4 is 0 Å². The highest BCUT2D eigenvalue weighted by Crippen LogP contribution is 2.23. The van der Waals surface area contributed by atoms with Crippen LogP contribution in [0.5, 0.6) is 0 Å². The molecule has 0 saturated carbocycles. The Labute approximate surface area is 192 Å². The van der Waals surface area contributed by atoms with Gasteiger partial charge in [0, 0.05) is 13.2 Å². The highest BCUT2D eigenvalue weighted by Gasteiger charge is 2.17. The smallest absolute Gasteiger partial charge is 0.0648 e. The van der Waals surface area contributed by atoms with E-state index in [-0.39, 0.29) is 5.60 Å². The van der Waals surface area contributed by atoms with Gasteiger partial charge in [0.15, 0.2) is 0 Å². The molecule has 0 radical (unpaired) electrons. The fourth-order valence-corrected chi connectivity index (χ4v) is 4.03. The van der Waals surface area contributed by atoms with Gasteiger partial charge in [-0.05, 0) is 58.8 Å². The van der Waals surface area contributed by atoms with Crippen LogP contribution in [-0.4, -0.2) is 24.9 Å². The number of hydrogen-bond donors (Lipinski definition) is 0. The van der Waals surface area contributed by atoms with Crippen molar-refractivity contribution in [2.45, 2.75) is 152 Å². The maximum absolute atomic E-state index is 5.53. The van der Waals surface area contributed by atoms with Gasteiger partial charge in [0.1, 0.15) is 0 Å². The summed E-state index contributed by atoms with van der Waals surface area (Å²) in [5, 5.41) is 0. The Bertz CT molecular complexity index is 330. The van der Waals surface area contributed by atoms with Gasteiger partial charge in [-0.3, -0.25) is 0 Å². The lowest BCUT2D eigenvalue weighted by atomic mass is 9.89. The van der Waals surface area contributed by atoms with Crippen molar-refractivity contribution in [1.29, 1.82) is 0 Å². The van der Waals surface area contributed by atoms with Crippen LogP contribution in [0.1, 0.15) is 140 Å². The molecule has 0 amide bonds. The second kappa shape index (κ2) is 20.8. The van der Waals surface area contributed by atoms with E-state index >= 15 is 0 Å². The SMILES string of the molecule is CCCC(CCC)CCCC(C)CCCC(C)C.CCOC(C)(C)CCOC(C)C. The van der Waals surface area contributed by atoms with Gasteiger partial charge in [-0.15, -0.1) is 0 Å². The minimum absolute atomic E-state index is 0.0381. The van der Waals surface area contributed by atoms with Crippen molar-refractivity contribution in [3.8, 4) is 0 Å². The number of ether oxygens (including phenoxy) is 2. The molecule has 2 nitrogen and oxygen atoms in total. The first-order chi connectivity index (χ1) is 14.1.